The zero-order valence-corrected chi connectivity index (χ0v) is 22.5. The summed E-state index contributed by atoms with van der Waals surface area (Å²) in [5.41, 5.74) is 1.16. The molecule has 0 amide bonds. The van der Waals surface area contributed by atoms with E-state index in [0.717, 1.165) is 47.8 Å². The van der Waals surface area contributed by atoms with E-state index in [-0.39, 0.29) is 0 Å². The van der Waals surface area contributed by atoms with Gasteiger partial charge in [0.25, 0.3) is 0 Å². The van der Waals surface area contributed by atoms with Crippen molar-refractivity contribution >= 4 is 0 Å². The third kappa shape index (κ3) is 4.93. The molecule has 1 heteroatoms. The smallest absolute Gasteiger partial charge is 0.111 e. The highest BCUT2D eigenvalue weighted by Crippen LogP contribution is 2.68. The van der Waals surface area contributed by atoms with Gasteiger partial charge < -0.3 is 4.74 Å². The van der Waals surface area contributed by atoms with E-state index in [2.05, 4.69) is 53.2 Å². The fourth-order valence-corrected chi connectivity index (χ4v) is 9.59. The molecule has 4 rings (SSSR count). The predicted octanol–water partition coefficient (Wildman–Crippen LogP) is 9.03. The van der Waals surface area contributed by atoms with E-state index in [9.17, 15) is 0 Å². The fourth-order valence-electron chi connectivity index (χ4n) is 9.59. The molecule has 4 aliphatic carbocycles. The Morgan fingerprint density at radius 2 is 1.70 bits per heavy atom. The molecule has 0 radical (unpaired) electrons. The SMILES string of the molecule is C=CCC#CO[C@H]1CC[C@@]2(C)[C@@H](CC[C@@H]3[C@@H]2CC[C@]2(C)[C@@H]([C@H](C)CCCC(C)C)CC[C@@H]32)C1. The molecule has 0 N–H and O–H groups in total. The molecule has 186 valence electrons. The van der Waals surface area contributed by atoms with Gasteiger partial charge in [-0.2, -0.15) is 0 Å². The molecule has 1 nitrogen and oxygen atoms in total. The lowest BCUT2D eigenvalue weighted by molar-refractivity contribution is -0.129. The Hall–Kier alpha value is -0.900. The van der Waals surface area contributed by atoms with Crippen LogP contribution in [-0.2, 0) is 4.74 Å². The zero-order chi connectivity index (χ0) is 23.6. The maximum Gasteiger partial charge on any atom is 0.111 e. The molecule has 0 unspecified atom stereocenters. The van der Waals surface area contributed by atoms with E-state index in [1.807, 2.05) is 6.08 Å². The van der Waals surface area contributed by atoms with Crippen molar-refractivity contribution in [1.29, 1.82) is 0 Å². The number of hydrogen-bond acceptors (Lipinski definition) is 1. The molecule has 4 fully saturated rings. The Kier molecular flexibility index (Phi) is 7.93. The van der Waals surface area contributed by atoms with Crippen molar-refractivity contribution < 1.29 is 4.74 Å². The largest absolute Gasteiger partial charge is 0.443 e. The molecule has 9 atom stereocenters. The van der Waals surface area contributed by atoms with Crippen LogP contribution in [0.5, 0.6) is 0 Å². The molecule has 0 aromatic carbocycles. The second-order valence-corrected chi connectivity index (χ2v) is 13.5. The highest BCUT2D eigenvalue weighted by Gasteiger charge is 2.60. The summed E-state index contributed by atoms with van der Waals surface area (Å²) < 4.78 is 5.98. The van der Waals surface area contributed by atoms with Gasteiger partial charge in [-0.15, -0.1) is 6.58 Å². The van der Waals surface area contributed by atoms with Crippen LogP contribution in [0.4, 0.5) is 0 Å². The van der Waals surface area contributed by atoms with Crippen LogP contribution in [-0.4, -0.2) is 6.10 Å². The van der Waals surface area contributed by atoms with E-state index in [1.165, 1.54) is 77.0 Å². The standard InChI is InChI=1S/C32H52O/c1-7-8-9-21-33-26-17-19-31(5)25(22-26)13-14-27-29-16-15-28(24(4)12-10-11-23(2)3)32(29,6)20-18-30(27)31/h7,23-30H,1,8,10-20,22H2,2-6H3/t24-,25+,26+,27+,28-,29+,30+,31+,32-/m1/s1. The van der Waals surface area contributed by atoms with E-state index in [1.54, 1.807) is 0 Å². The Balaban J connectivity index is 1.39. The average molecular weight is 453 g/mol. The molecular weight excluding hydrogens is 400 g/mol. The van der Waals surface area contributed by atoms with Crippen molar-refractivity contribution in [3.63, 3.8) is 0 Å². The first-order chi connectivity index (χ1) is 15.8. The number of ether oxygens (including phenoxy) is 1. The third-order valence-electron chi connectivity index (χ3n) is 11.4. The van der Waals surface area contributed by atoms with E-state index in [0.29, 0.717) is 16.9 Å². The summed E-state index contributed by atoms with van der Waals surface area (Å²) in [4.78, 5) is 0. The topological polar surface area (TPSA) is 9.23 Å². The maximum atomic E-state index is 5.98. The van der Waals surface area contributed by atoms with Gasteiger partial charge in [0, 0.05) is 6.42 Å². The minimum Gasteiger partial charge on any atom is -0.443 e. The molecule has 0 bridgehead atoms. The predicted molar refractivity (Wildman–Crippen MR) is 141 cm³/mol. The van der Waals surface area contributed by atoms with Crippen LogP contribution in [0.3, 0.4) is 0 Å². The summed E-state index contributed by atoms with van der Waals surface area (Å²) in [6, 6.07) is 0. The van der Waals surface area contributed by atoms with Crippen LogP contribution in [0, 0.1) is 64.3 Å². The van der Waals surface area contributed by atoms with Gasteiger partial charge in [0.1, 0.15) is 12.2 Å². The quantitative estimate of drug-likeness (QED) is 0.276. The van der Waals surface area contributed by atoms with Crippen LogP contribution < -0.4 is 0 Å². The normalized spacial score (nSPS) is 43.0. The Bertz CT molecular complexity index is 727. The molecule has 0 heterocycles. The van der Waals surface area contributed by atoms with Crippen molar-refractivity contribution in [3.05, 3.63) is 12.7 Å². The van der Waals surface area contributed by atoms with Gasteiger partial charge >= 0.3 is 0 Å². The highest BCUT2D eigenvalue weighted by atomic mass is 16.5. The summed E-state index contributed by atoms with van der Waals surface area (Å²) in [6.07, 6.45) is 22.9. The summed E-state index contributed by atoms with van der Waals surface area (Å²) in [7, 11) is 0. The summed E-state index contributed by atoms with van der Waals surface area (Å²) >= 11 is 0. The van der Waals surface area contributed by atoms with Crippen molar-refractivity contribution in [3.8, 4) is 12.0 Å². The Morgan fingerprint density at radius 3 is 2.45 bits per heavy atom. The number of rotatable bonds is 7. The maximum absolute atomic E-state index is 5.98. The van der Waals surface area contributed by atoms with Gasteiger partial charge in [0.2, 0.25) is 0 Å². The lowest BCUT2D eigenvalue weighted by Gasteiger charge is -2.61. The van der Waals surface area contributed by atoms with Crippen LogP contribution in [0.1, 0.15) is 118 Å². The minimum absolute atomic E-state index is 0.355. The minimum atomic E-state index is 0.355. The average Bonchev–Trinajstić information content (AvgIpc) is 3.14. The first kappa shape index (κ1) is 25.2. The first-order valence-electron chi connectivity index (χ1n) is 14.5. The van der Waals surface area contributed by atoms with Gasteiger partial charge in [0.15, 0.2) is 0 Å². The van der Waals surface area contributed by atoms with Crippen LogP contribution in [0.15, 0.2) is 12.7 Å². The summed E-state index contributed by atoms with van der Waals surface area (Å²) in [5, 5.41) is 0. The third-order valence-corrected chi connectivity index (χ3v) is 11.4. The van der Waals surface area contributed by atoms with Crippen LogP contribution in [0.2, 0.25) is 0 Å². The Morgan fingerprint density at radius 1 is 0.939 bits per heavy atom. The second kappa shape index (κ2) is 10.4. The zero-order valence-electron chi connectivity index (χ0n) is 22.5. The lowest BCUT2D eigenvalue weighted by atomic mass is 9.44. The monoisotopic (exact) mass is 452 g/mol. The highest BCUT2D eigenvalue weighted by molar-refractivity contribution is 5.10. The molecule has 0 aliphatic heterocycles. The molecular formula is C32H52O. The fraction of sp³-hybridized carbons (Fsp3) is 0.875. The Labute approximate surface area is 205 Å². The molecule has 33 heavy (non-hydrogen) atoms. The van der Waals surface area contributed by atoms with E-state index < -0.39 is 0 Å². The van der Waals surface area contributed by atoms with Gasteiger partial charge in [-0.05, 0) is 110 Å². The van der Waals surface area contributed by atoms with Gasteiger partial charge in [-0.1, -0.05) is 65.9 Å². The van der Waals surface area contributed by atoms with Gasteiger partial charge in [-0.3, -0.25) is 0 Å². The van der Waals surface area contributed by atoms with Crippen molar-refractivity contribution in [1.82, 2.24) is 0 Å². The van der Waals surface area contributed by atoms with E-state index in [4.69, 9.17) is 4.74 Å². The number of fused-ring (bicyclic) bond motifs is 5. The van der Waals surface area contributed by atoms with Crippen LogP contribution >= 0.6 is 0 Å². The molecule has 0 saturated heterocycles. The number of hydrogen-bond donors (Lipinski definition) is 0. The van der Waals surface area contributed by atoms with Crippen molar-refractivity contribution in [2.75, 3.05) is 0 Å². The summed E-state index contributed by atoms with van der Waals surface area (Å²) in [5.74, 6) is 9.60. The molecule has 0 aromatic heterocycles. The first-order valence-corrected chi connectivity index (χ1v) is 14.5. The van der Waals surface area contributed by atoms with E-state index >= 15 is 0 Å². The lowest BCUT2D eigenvalue weighted by Crippen LogP contribution is -2.54. The van der Waals surface area contributed by atoms with Gasteiger partial charge in [-0.25, -0.2) is 0 Å². The van der Waals surface area contributed by atoms with Gasteiger partial charge in [0.05, 0.1) is 0 Å². The van der Waals surface area contributed by atoms with Crippen molar-refractivity contribution in [2.24, 2.45) is 52.3 Å². The van der Waals surface area contributed by atoms with Crippen molar-refractivity contribution in [2.45, 2.75) is 124 Å². The second-order valence-electron chi connectivity index (χ2n) is 13.5. The van der Waals surface area contributed by atoms with Crippen LogP contribution in [0.25, 0.3) is 0 Å². The molecule has 4 aliphatic rings. The molecule has 0 spiro atoms. The molecule has 4 saturated carbocycles. The molecule has 0 aromatic rings. The number of allylic oxidation sites excluding steroid dienone is 1. The summed E-state index contributed by atoms with van der Waals surface area (Å²) in [6.45, 7) is 16.5.